The Labute approximate surface area is 167 Å². The molecule has 8 heteroatoms. The largest absolute Gasteiger partial charge is 0.494 e. The first kappa shape index (κ1) is 20.1. The van der Waals surface area contributed by atoms with Crippen LogP contribution >= 0.6 is 0 Å². The fourth-order valence-electron chi connectivity index (χ4n) is 4.99. The Balaban J connectivity index is 1.30. The van der Waals surface area contributed by atoms with Gasteiger partial charge >= 0.3 is 6.18 Å². The van der Waals surface area contributed by atoms with Gasteiger partial charge in [-0.25, -0.2) is 0 Å². The quantitative estimate of drug-likeness (QED) is 0.660. The predicted octanol–water partition coefficient (Wildman–Crippen LogP) is 4.46. The maximum absolute atomic E-state index is 12.8. The van der Waals surface area contributed by atoms with E-state index in [0.717, 1.165) is 35.9 Å². The van der Waals surface area contributed by atoms with E-state index < -0.39 is 18.6 Å². The molecule has 2 heterocycles. The highest BCUT2D eigenvalue weighted by molar-refractivity contribution is 6.01. The van der Waals surface area contributed by atoms with Crippen molar-refractivity contribution < 1.29 is 22.7 Å². The first-order valence-electron chi connectivity index (χ1n) is 10.1. The predicted molar refractivity (Wildman–Crippen MR) is 105 cm³/mol. The van der Waals surface area contributed by atoms with Crippen LogP contribution in [0.4, 0.5) is 18.9 Å². The van der Waals surface area contributed by atoms with E-state index in [9.17, 15) is 18.0 Å². The minimum Gasteiger partial charge on any atom is -0.494 e. The zero-order chi connectivity index (χ0) is 20.6. The fourth-order valence-corrected chi connectivity index (χ4v) is 4.99. The van der Waals surface area contributed by atoms with Crippen LogP contribution in [0.15, 0.2) is 24.4 Å². The third kappa shape index (κ3) is 4.69. The van der Waals surface area contributed by atoms with Crippen LogP contribution in [0.25, 0.3) is 10.9 Å². The summed E-state index contributed by atoms with van der Waals surface area (Å²) in [5, 5.41) is 6.74. The summed E-state index contributed by atoms with van der Waals surface area (Å²) in [6, 6.07) is 5.24. The smallest absolute Gasteiger partial charge is 0.390 e. The van der Waals surface area contributed by atoms with Crippen LogP contribution in [-0.4, -0.2) is 36.3 Å². The van der Waals surface area contributed by atoms with Crippen LogP contribution < -0.4 is 15.4 Å². The molecule has 1 saturated carbocycles. The van der Waals surface area contributed by atoms with Crippen molar-refractivity contribution in [2.45, 2.75) is 44.8 Å². The van der Waals surface area contributed by atoms with Crippen molar-refractivity contribution >= 4 is 22.5 Å². The van der Waals surface area contributed by atoms with Crippen molar-refractivity contribution in [3.63, 3.8) is 0 Å². The second kappa shape index (κ2) is 7.89. The summed E-state index contributed by atoms with van der Waals surface area (Å²) in [6.45, 7) is 2.69. The van der Waals surface area contributed by atoms with Crippen LogP contribution in [0.1, 0.15) is 32.6 Å². The summed E-state index contributed by atoms with van der Waals surface area (Å²) >= 11 is 0. The van der Waals surface area contributed by atoms with Gasteiger partial charge in [-0.05, 0) is 61.8 Å². The van der Waals surface area contributed by atoms with Gasteiger partial charge in [0, 0.05) is 30.1 Å². The number of nitrogens with one attached hydrogen (secondary N) is 3. The molecule has 0 unspecified atom stereocenters. The Kier molecular flexibility index (Phi) is 5.46. The van der Waals surface area contributed by atoms with Gasteiger partial charge in [-0.15, -0.1) is 0 Å². The number of anilines is 1. The number of aromatic amines is 1. The van der Waals surface area contributed by atoms with Crippen LogP contribution in [0.5, 0.6) is 5.75 Å². The highest BCUT2D eigenvalue weighted by Crippen LogP contribution is 2.45. The van der Waals surface area contributed by atoms with Gasteiger partial charge in [-0.2, -0.15) is 13.2 Å². The monoisotopic (exact) mass is 409 g/mol. The lowest BCUT2D eigenvalue weighted by molar-refractivity contribution is -0.141. The Morgan fingerprint density at radius 1 is 1.31 bits per heavy atom. The van der Waals surface area contributed by atoms with Gasteiger partial charge in [0.1, 0.15) is 5.75 Å². The molecule has 158 valence electrons. The van der Waals surface area contributed by atoms with Crippen LogP contribution in [0.2, 0.25) is 0 Å². The van der Waals surface area contributed by atoms with Crippen molar-refractivity contribution in [1.29, 1.82) is 0 Å². The Morgan fingerprint density at radius 2 is 2.14 bits per heavy atom. The SMILES string of the molecule is CC(=O)Nc1c[nH]c2ccc(OCC[C@@H]3C[C@H]4CN[C@H](CC(F)(F)F)[C@@H]4C3)cc12. The molecule has 0 bridgehead atoms. The Morgan fingerprint density at radius 3 is 2.90 bits per heavy atom. The fraction of sp³-hybridized carbons (Fsp3) is 0.571. The maximum atomic E-state index is 12.8. The number of ether oxygens (including phenoxy) is 1. The molecule has 1 saturated heterocycles. The number of H-pyrrole nitrogens is 1. The lowest BCUT2D eigenvalue weighted by atomic mass is 9.92. The van der Waals surface area contributed by atoms with E-state index in [4.69, 9.17) is 4.74 Å². The third-order valence-electron chi connectivity index (χ3n) is 6.22. The van der Waals surface area contributed by atoms with E-state index >= 15 is 0 Å². The second-order valence-corrected chi connectivity index (χ2v) is 8.32. The summed E-state index contributed by atoms with van der Waals surface area (Å²) in [7, 11) is 0. The minimum atomic E-state index is -4.11. The van der Waals surface area contributed by atoms with Gasteiger partial charge in [0.15, 0.2) is 0 Å². The Bertz CT molecular complexity index is 880. The zero-order valence-corrected chi connectivity index (χ0v) is 16.3. The zero-order valence-electron chi connectivity index (χ0n) is 16.3. The minimum absolute atomic E-state index is 0.123. The molecule has 1 aliphatic heterocycles. The molecule has 4 atom stereocenters. The molecule has 3 N–H and O–H groups in total. The lowest BCUT2D eigenvalue weighted by Crippen LogP contribution is -2.32. The number of fused-ring (bicyclic) bond motifs is 2. The van der Waals surface area contributed by atoms with Crippen molar-refractivity contribution in [1.82, 2.24) is 10.3 Å². The number of benzene rings is 1. The first-order chi connectivity index (χ1) is 13.8. The molecule has 1 aliphatic carbocycles. The molecule has 4 rings (SSSR count). The van der Waals surface area contributed by atoms with E-state index in [2.05, 4.69) is 15.6 Å². The summed E-state index contributed by atoms with van der Waals surface area (Å²) < 4.78 is 44.2. The van der Waals surface area contributed by atoms with E-state index in [0.29, 0.717) is 30.7 Å². The number of alkyl halides is 3. The number of hydrogen-bond donors (Lipinski definition) is 3. The van der Waals surface area contributed by atoms with Gasteiger partial charge in [0.05, 0.1) is 18.7 Å². The average molecular weight is 409 g/mol. The van der Waals surface area contributed by atoms with Gasteiger partial charge in [0.2, 0.25) is 5.91 Å². The van der Waals surface area contributed by atoms with Crippen LogP contribution in [0, 0.1) is 17.8 Å². The summed E-state index contributed by atoms with van der Waals surface area (Å²) in [6.07, 6.45) is -0.441. The van der Waals surface area contributed by atoms with E-state index in [-0.39, 0.29) is 11.8 Å². The number of hydrogen-bond acceptors (Lipinski definition) is 3. The molecule has 5 nitrogen and oxygen atoms in total. The van der Waals surface area contributed by atoms with Crippen LogP contribution in [-0.2, 0) is 4.79 Å². The van der Waals surface area contributed by atoms with Gasteiger partial charge in [-0.1, -0.05) is 0 Å². The van der Waals surface area contributed by atoms with Crippen LogP contribution in [0.3, 0.4) is 0 Å². The number of carbonyl (C=O) groups is 1. The van der Waals surface area contributed by atoms with E-state index in [1.54, 1.807) is 6.20 Å². The highest BCUT2D eigenvalue weighted by Gasteiger charge is 2.46. The molecule has 1 aromatic carbocycles. The van der Waals surface area contributed by atoms with Crippen molar-refractivity contribution in [2.75, 3.05) is 18.5 Å². The summed E-state index contributed by atoms with van der Waals surface area (Å²) in [4.78, 5) is 14.4. The number of amides is 1. The van der Waals surface area contributed by atoms with E-state index in [1.165, 1.54) is 6.92 Å². The molecule has 2 aliphatic rings. The first-order valence-corrected chi connectivity index (χ1v) is 10.1. The number of rotatable bonds is 6. The number of carbonyl (C=O) groups excluding carboxylic acids is 1. The maximum Gasteiger partial charge on any atom is 0.390 e. The molecule has 2 fully saturated rings. The molecule has 1 aromatic heterocycles. The number of aromatic nitrogens is 1. The number of halogens is 3. The second-order valence-electron chi connectivity index (χ2n) is 8.32. The van der Waals surface area contributed by atoms with Gasteiger partial charge in [0.25, 0.3) is 0 Å². The molecule has 1 amide bonds. The van der Waals surface area contributed by atoms with Gasteiger partial charge in [-0.3, -0.25) is 4.79 Å². The van der Waals surface area contributed by atoms with Gasteiger partial charge < -0.3 is 20.4 Å². The Hall–Kier alpha value is -2.22. The summed E-state index contributed by atoms with van der Waals surface area (Å²) in [5.41, 5.74) is 1.62. The van der Waals surface area contributed by atoms with Crippen molar-refractivity contribution in [3.05, 3.63) is 24.4 Å². The molecule has 0 spiro atoms. The topological polar surface area (TPSA) is 66.2 Å². The normalized spacial score (nSPS) is 26.6. The highest BCUT2D eigenvalue weighted by atomic mass is 19.4. The van der Waals surface area contributed by atoms with Crippen molar-refractivity contribution in [2.24, 2.45) is 17.8 Å². The standard InChI is InChI=1S/C21H26F3N3O2/c1-12(28)27-20-11-26-18-3-2-15(8-17(18)20)29-5-4-13-6-14-10-25-19(16(14)7-13)9-21(22,23)24/h2-3,8,11,13-14,16,19,25-26H,4-7,9-10H2,1H3,(H,27,28)/t13-,14+,16-,19-/m1/s1. The average Bonchev–Trinajstić information content (AvgIpc) is 3.30. The molecule has 29 heavy (non-hydrogen) atoms. The molecular weight excluding hydrogens is 383 g/mol. The van der Waals surface area contributed by atoms with Crippen molar-refractivity contribution in [3.8, 4) is 5.75 Å². The molecular formula is C21H26F3N3O2. The third-order valence-corrected chi connectivity index (χ3v) is 6.22. The molecule has 0 radical (unpaired) electrons. The van der Waals surface area contributed by atoms with E-state index in [1.807, 2.05) is 18.2 Å². The lowest BCUT2D eigenvalue weighted by Gasteiger charge is -2.20. The summed E-state index contributed by atoms with van der Waals surface area (Å²) in [5.74, 6) is 1.47. The molecule has 2 aromatic rings.